The maximum Gasteiger partial charge on any atom is 0.500 e. The lowest BCUT2D eigenvalue weighted by atomic mass is 11.0. The Kier molecular flexibility index (Phi) is 16.9. The molecule has 0 aromatic rings. The molecule has 0 saturated carbocycles. The fraction of sp³-hybridized carbons (Fsp3) is 1.00. The van der Waals surface area contributed by atoms with Crippen molar-refractivity contribution < 1.29 is 26.6 Å². The van der Waals surface area contributed by atoms with Gasteiger partial charge in [-0.25, -0.2) is 0 Å². The highest BCUT2D eigenvalue weighted by atomic mass is 35.8. The number of hydrogen-bond acceptors (Lipinski definition) is 6. The lowest BCUT2D eigenvalue weighted by molar-refractivity contribution is 0.109. The van der Waals surface area contributed by atoms with Gasteiger partial charge in [-0.15, -0.1) is 66.5 Å². The summed E-state index contributed by atoms with van der Waals surface area (Å²) in [5.41, 5.74) is 0. The summed E-state index contributed by atoms with van der Waals surface area (Å²) in [6.07, 6.45) is 0. The standard InChI is InChI=1S/C8H22O6Si2.C2H4Cl6Si2/c1-9-15(10-2,11-3)7-8-16(12-4,13-5)14-6;3-9(4,5)1-2-10(6,7)8/h7-8H2,1-6H3;1-2H2. The molecule has 0 fully saturated rings. The van der Waals surface area contributed by atoms with E-state index in [1.807, 2.05) is 0 Å². The van der Waals surface area contributed by atoms with Crippen molar-refractivity contribution in [1.82, 2.24) is 0 Å². The first-order chi connectivity index (χ1) is 11.8. The summed E-state index contributed by atoms with van der Waals surface area (Å²) in [5.74, 6) is 0. The molecule has 0 saturated heterocycles. The average molecular weight is 567 g/mol. The van der Waals surface area contributed by atoms with E-state index in [0.717, 1.165) is 0 Å². The molecule has 160 valence electrons. The average Bonchev–Trinajstić information content (AvgIpc) is 2.58. The van der Waals surface area contributed by atoms with Crippen LogP contribution in [0, 0.1) is 0 Å². The van der Waals surface area contributed by atoms with Gasteiger partial charge in [-0.2, -0.15) is 0 Å². The maximum absolute atomic E-state index is 5.56. The molecule has 0 bridgehead atoms. The molecule has 26 heavy (non-hydrogen) atoms. The van der Waals surface area contributed by atoms with E-state index in [0.29, 0.717) is 24.2 Å². The quantitative estimate of drug-likeness (QED) is 0.244. The van der Waals surface area contributed by atoms with E-state index in [1.165, 1.54) is 0 Å². The van der Waals surface area contributed by atoms with Crippen molar-refractivity contribution >= 4 is 96.1 Å². The molecule has 16 heteroatoms. The van der Waals surface area contributed by atoms with Crippen LogP contribution in [0.25, 0.3) is 0 Å². The molecule has 0 spiro atoms. The fourth-order valence-electron chi connectivity index (χ4n) is 1.70. The van der Waals surface area contributed by atoms with E-state index in [2.05, 4.69) is 0 Å². The van der Waals surface area contributed by atoms with Crippen molar-refractivity contribution in [2.24, 2.45) is 0 Å². The van der Waals surface area contributed by atoms with Gasteiger partial charge < -0.3 is 26.6 Å². The van der Waals surface area contributed by atoms with Crippen LogP contribution < -0.4 is 0 Å². The predicted molar refractivity (Wildman–Crippen MR) is 119 cm³/mol. The second-order valence-corrected chi connectivity index (χ2v) is 29.6. The Labute approximate surface area is 188 Å². The first-order valence-electron chi connectivity index (χ1n) is 7.22. The predicted octanol–water partition coefficient (Wildman–Crippen LogP) is 5.04. The van der Waals surface area contributed by atoms with Crippen LogP contribution in [-0.4, -0.2) is 72.3 Å². The minimum Gasteiger partial charge on any atom is -0.377 e. The zero-order valence-electron chi connectivity index (χ0n) is 15.5. The Hall–Kier alpha value is 2.37. The highest BCUT2D eigenvalue weighted by Gasteiger charge is 2.46. The highest BCUT2D eigenvalue weighted by molar-refractivity contribution is 7.67. The summed E-state index contributed by atoms with van der Waals surface area (Å²) in [4.78, 5) is 0. The normalized spacial score (nSPS) is 13.4. The molecular weight excluding hydrogens is 541 g/mol. The van der Waals surface area contributed by atoms with Crippen molar-refractivity contribution in [1.29, 1.82) is 0 Å². The molecule has 0 rings (SSSR count). The summed E-state index contributed by atoms with van der Waals surface area (Å²) in [7, 11) is 4.31. The lowest BCUT2D eigenvalue weighted by Crippen LogP contribution is -2.48. The number of hydrogen-bond donors (Lipinski definition) is 0. The van der Waals surface area contributed by atoms with E-state index in [4.69, 9.17) is 93.0 Å². The van der Waals surface area contributed by atoms with Gasteiger partial charge in [0.15, 0.2) is 0 Å². The minimum atomic E-state index is -2.58. The SMILES string of the molecule is CO[Si](CC[Si](OC)(OC)OC)(OC)OC.Cl[Si](Cl)(Cl)CC[Si](Cl)(Cl)Cl. The molecule has 0 heterocycles. The number of rotatable bonds is 12. The van der Waals surface area contributed by atoms with Crippen LogP contribution >= 0.6 is 66.5 Å². The van der Waals surface area contributed by atoms with Crippen LogP contribution in [0.3, 0.4) is 0 Å². The lowest BCUT2D eigenvalue weighted by Gasteiger charge is -2.29. The summed E-state index contributed by atoms with van der Waals surface area (Å²) >= 11 is 33.3. The molecule has 6 nitrogen and oxygen atoms in total. The Balaban J connectivity index is 0. The van der Waals surface area contributed by atoms with E-state index >= 15 is 0 Å². The molecule has 0 aliphatic heterocycles. The Morgan fingerprint density at radius 1 is 0.423 bits per heavy atom. The van der Waals surface area contributed by atoms with Crippen LogP contribution in [0.2, 0.25) is 24.2 Å². The van der Waals surface area contributed by atoms with Crippen LogP contribution in [0.15, 0.2) is 0 Å². The third-order valence-corrected chi connectivity index (χ3v) is 14.8. The largest absolute Gasteiger partial charge is 0.500 e. The van der Waals surface area contributed by atoms with Gasteiger partial charge in [0.05, 0.1) is 0 Å². The monoisotopic (exact) mass is 564 g/mol. The molecule has 0 aliphatic rings. The van der Waals surface area contributed by atoms with Crippen molar-refractivity contribution in [3.05, 3.63) is 0 Å². The van der Waals surface area contributed by atoms with Crippen LogP contribution in [-0.2, 0) is 26.6 Å². The van der Waals surface area contributed by atoms with Crippen LogP contribution in [0.5, 0.6) is 0 Å². The van der Waals surface area contributed by atoms with Gasteiger partial charge in [-0.3, -0.25) is 0 Å². The first-order valence-corrected chi connectivity index (χ1v) is 21.6. The van der Waals surface area contributed by atoms with E-state index in [9.17, 15) is 0 Å². The molecule has 0 amide bonds. The topological polar surface area (TPSA) is 55.4 Å². The smallest absolute Gasteiger partial charge is 0.377 e. The van der Waals surface area contributed by atoms with Gasteiger partial charge in [0, 0.05) is 54.7 Å². The Bertz CT molecular complexity index is 314. The third kappa shape index (κ3) is 14.4. The molecule has 0 N–H and O–H groups in total. The van der Waals surface area contributed by atoms with Gasteiger partial charge in [0.1, 0.15) is 0 Å². The summed E-state index contributed by atoms with van der Waals surface area (Å²) in [5, 5.41) is 0. The van der Waals surface area contributed by atoms with Crippen molar-refractivity contribution in [3.8, 4) is 0 Å². The highest BCUT2D eigenvalue weighted by Crippen LogP contribution is 2.34. The van der Waals surface area contributed by atoms with Crippen LogP contribution in [0.4, 0.5) is 0 Å². The van der Waals surface area contributed by atoms with Gasteiger partial charge in [-0.1, -0.05) is 0 Å². The molecule has 0 unspecified atom stereocenters. The van der Waals surface area contributed by atoms with E-state index < -0.39 is 29.6 Å². The van der Waals surface area contributed by atoms with Gasteiger partial charge in [-0.05, 0) is 12.1 Å². The molecule has 0 radical (unpaired) electrons. The summed E-state index contributed by atoms with van der Waals surface area (Å²) in [6.45, 7) is 0. The second kappa shape index (κ2) is 14.4. The van der Waals surface area contributed by atoms with E-state index in [1.54, 1.807) is 42.7 Å². The Morgan fingerprint density at radius 2 is 0.615 bits per heavy atom. The zero-order chi connectivity index (χ0) is 21.1. The summed E-state index contributed by atoms with van der Waals surface area (Å²) < 4.78 is 31.9. The molecule has 0 aliphatic carbocycles. The molecular formula is C10H26Cl6O6Si4. The third-order valence-electron chi connectivity index (χ3n) is 3.30. The first kappa shape index (κ1) is 30.6. The molecule has 0 aromatic carbocycles. The van der Waals surface area contributed by atoms with Crippen molar-refractivity contribution in [3.63, 3.8) is 0 Å². The fourth-order valence-corrected chi connectivity index (χ4v) is 13.7. The minimum absolute atomic E-state index is 0.431. The van der Waals surface area contributed by atoms with Gasteiger partial charge >= 0.3 is 29.6 Å². The van der Waals surface area contributed by atoms with Gasteiger partial charge in [0.2, 0.25) is 0 Å². The van der Waals surface area contributed by atoms with E-state index in [-0.39, 0.29) is 0 Å². The van der Waals surface area contributed by atoms with Crippen LogP contribution in [0.1, 0.15) is 0 Å². The zero-order valence-corrected chi connectivity index (χ0v) is 24.1. The van der Waals surface area contributed by atoms with Gasteiger partial charge in [0.25, 0.3) is 0 Å². The Morgan fingerprint density at radius 3 is 0.731 bits per heavy atom. The summed E-state index contributed by atoms with van der Waals surface area (Å²) in [6, 6.07) is -3.09. The van der Waals surface area contributed by atoms with Crippen molar-refractivity contribution in [2.45, 2.75) is 24.2 Å². The maximum atomic E-state index is 5.56. The molecule has 0 atom stereocenters. The number of halogens is 6. The van der Waals surface area contributed by atoms with Crippen molar-refractivity contribution in [2.75, 3.05) is 42.7 Å². The second-order valence-electron chi connectivity index (χ2n) is 4.82. The molecule has 0 aromatic heterocycles.